The van der Waals surface area contributed by atoms with Gasteiger partial charge in [0.1, 0.15) is 5.54 Å². The number of piperazine rings is 1. The maximum atomic E-state index is 12.1. The van der Waals surface area contributed by atoms with E-state index < -0.39 is 5.54 Å². The normalized spacial score (nSPS) is 25.3. The summed E-state index contributed by atoms with van der Waals surface area (Å²) in [7, 11) is 3.67. The Hall–Kier alpha value is -0.650. The number of hydrogen-bond donors (Lipinski definition) is 1. The Morgan fingerprint density at radius 3 is 2.62 bits per heavy atom. The molecule has 0 aromatic heterocycles. The molecule has 0 aliphatic carbocycles. The standard InChI is InChI=1S/C16H33N3O2/c1-7-14-12-19(10-9-18(14)5)13(3)11-16(4,17-8-2)15(20)21-6/h13-14,17H,7-12H2,1-6H3. The molecule has 1 rings (SSSR count). The molecule has 0 radical (unpaired) electrons. The monoisotopic (exact) mass is 299 g/mol. The van der Waals surface area contributed by atoms with Crippen molar-refractivity contribution in [2.45, 2.75) is 58.2 Å². The van der Waals surface area contributed by atoms with E-state index in [1.807, 2.05) is 13.8 Å². The molecule has 1 saturated heterocycles. The molecule has 0 aromatic carbocycles. The van der Waals surface area contributed by atoms with Crippen LogP contribution in [0.4, 0.5) is 0 Å². The average Bonchev–Trinajstić information content (AvgIpc) is 2.46. The van der Waals surface area contributed by atoms with Crippen LogP contribution in [0.15, 0.2) is 0 Å². The molecule has 1 fully saturated rings. The average molecular weight is 299 g/mol. The van der Waals surface area contributed by atoms with Gasteiger partial charge in [-0.2, -0.15) is 0 Å². The molecular formula is C16H33N3O2. The number of hydrogen-bond acceptors (Lipinski definition) is 5. The van der Waals surface area contributed by atoms with Gasteiger partial charge >= 0.3 is 5.97 Å². The summed E-state index contributed by atoms with van der Waals surface area (Å²) < 4.78 is 4.99. The van der Waals surface area contributed by atoms with Gasteiger partial charge in [0.05, 0.1) is 7.11 Å². The van der Waals surface area contributed by atoms with Crippen LogP contribution in [0.25, 0.3) is 0 Å². The van der Waals surface area contributed by atoms with E-state index in [2.05, 4.69) is 36.0 Å². The fourth-order valence-corrected chi connectivity index (χ4v) is 3.37. The highest BCUT2D eigenvalue weighted by Gasteiger charge is 2.37. The predicted molar refractivity (Wildman–Crippen MR) is 86.5 cm³/mol. The van der Waals surface area contributed by atoms with Crippen molar-refractivity contribution in [3.8, 4) is 0 Å². The number of likely N-dealkylation sites (N-methyl/N-ethyl adjacent to an activating group) is 2. The highest BCUT2D eigenvalue weighted by Crippen LogP contribution is 2.21. The summed E-state index contributed by atoms with van der Waals surface area (Å²) in [5.74, 6) is -0.169. The van der Waals surface area contributed by atoms with Crippen LogP contribution in [0.2, 0.25) is 0 Å². The summed E-state index contributed by atoms with van der Waals surface area (Å²) >= 11 is 0. The van der Waals surface area contributed by atoms with E-state index in [-0.39, 0.29) is 5.97 Å². The quantitative estimate of drug-likeness (QED) is 0.719. The second kappa shape index (κ2) is 8.11. The van der Waals surface area contributed by atoms with E-state index in [1.165, 1.54) is 13.5 Å². The van der Waals surface area contributed by atoms with Crippen molar-refractivity contribution in [2.75, 3.05) is 40.3 Å². The van der Waals surface area contributed by atoms with E-state index in [1.54, 1.807) is 0 Å². The molecule has 3 atom stereocenters. The zero-order valence-corrected chi connectivity index (χ0v) is 14.6. The zero-order valence-electron chi connectivity index (χ0n) is 14.6. The zero-order chi connectivity index (χ0) is 16.0. The van der Waals surface area contributed by atoms with Crippen molar-refractivity contribution in [2.24, 2.45) is 0 Å². The molecule has 0 aromatic rings. The van der Waals surface area contributed by atoms with Gasteiger partial charge in [-0.05, 0) is 40.3 Å². The van der Waals surface area contributed by atoms with Crippen LogP contribution < -0.4 is 5.32 Å². The maximum absolute atomic E-state index is 12.1. The van der Waals surface area contributed by atoms with Crippen LogP contribution in [0.3, 0.4) is 0 Å². The van der Waals surface area contributed by atoms with Gasteiger partial charge in [0.2, 0.25) is 0 Å². The SMILES string of the molecule is CCNC(C)(CC(C)N1CCN(C)C(CC)C1)C(=O)OC. The van der Waals surface area contributed by atoms with Crippen molar-refractivity contribution in [1.29, 1.82) is 0 Å². The second-order valence-corrected chi connectivity index (χ2v) is 6.44. The van der Waals surface area contributed by atoms with Gasteiger partial charge in [-0.3, -0.25) is 9.69 Å². The Kier molecular flexibility index (Phi) is 7.10. The van der Waals surface area contributed by atoms with Gasteiger partial charge in [-0.25, -0.2) is 0 Å². The van der Waals surface area contributed by atoms with E-state index in [0.29, 0.717) is 12.1 Å². The summed E-state index contributed by atoms with van der Waals surface area (Å²) in [5.41, 5.74) is -0.603. The Morgan fingerprint density at radius 2 is 2.10 bits per heavy atom. The van der Waals surface area contributed by atoms with Crippen molar-refractivity contribution >= 4 is 5.97 Å². The maximum Gasteiger partial charge on any atom is 0.325 e. The van der Waals surface area contributed by atoms with Crippen LogP contribution in [-0.4, -0.2) is 73.7 Å². The molecule has 1 aliphatic rings. The molecule has 0 bridgehead atoms. The Labute approximate surface area is 130 Å². The molecule has 1 aliphatic heterocycles. The van der Waals surface area contributed by atoms with Gasteiger partial charge in [-0.1, -0.05) is 13.8 Å². The number of ether oxygens (including phenoxy) is 1. The first-order valence-corrected chi connectivity index (χ1v) is 8.15. The van der Waals surface area contributed by atoms with Crippen LogP contribution in [0.1, 0.15) is 40.5 Å². The summed E-state index contributed by atoms with van der Waals surface area (Å²) in [4.78, 5) is 17.0. The van der Waals surface area contributed by atoms with E-state index >= 15 is 0 Å². The minimum Gasteiger partial charge on any atom is -0.468 e. The van der Waals surface area contributed by atoms with Crippen LogP contribution in [0, 0.1) is 0 Å². The lowest BCUT2D eigenvalue weighted by molar-refractivity contribution is -0.149. The smallest absolute Gasteiger partial charge is 0.325 e. The summed E-state index contributed by atoms with van der Waals surface area (Å²) in [6.45, 7) is 12.4. The molecule has 1 heterocycles. The first-order valence-electron chi connectivity index (χ1n) is 8.15. The lowest BCUT2D eigenvalue weighted by Gasteiger charge is -2.43. The molecule has 0 amide bonds. The van der Waals surface area contributed by atoms with Crippen LogP contribution in [0.5, 0.6) is 0 Å². The predicted octanol–water partition coefficient (Wildman–Crippen LogP) is 1.33. The topological polar surface area (TPSA) is 44.8 Å². The first kappa shape index (κ1) is 18.4. The molecule has 21 heavy (non-hydrogen) atoms. The number of nitrogens with one attached hydrogen (secondary N) is 1. The fraction of sp³-hybridized carbons (Fsp3) is 0.938. The number of methoxy groups -OCH3 is 1. The second-order valence-electron chi connectivity index (χ2n) is 6.44. The summed E-state index contributed by atoms with van der Waals surface area (Å²) in [5, 5.41) is 3.30. The molecule has 0 saturated carbocycles. The van der Waals surface area contributed by atoms with Crippen molar-refractivity contribution in [3.05, 3.63) is 0 Å². The van der Waals surface area contributed by atoms with Crippen LogP contribution in [-0.2, 0) is 9.53 Å². The number of rotatable bonds is 7. The Morgan fingerprint density at radius 1 is 1.43 bits per heavy atom. The molecule has 124 valence electrons. The molecule has 5 nitrogen and oxygen atoms in total. The fourth-order valence-electron chi connectivity index (χ4n) is 3.37. The van der Waals surface area contributed by atoms with Crippen molar-refractivity contribution < 1.29 is 9.53 Å². The van der Waals surface area contributed by atoms with Gasteiger partial charge in [0, 0.05) is 31.7 Å². The minimum atomic E-state index is -0.603. The number of carbonyl (C=O) groups is 1. The van der Waals surface area contributed by atoms with Crippen molar-refractivity contribution in [3.63, 3.8) is 0 Å². The molecular weight excluding hydrogens is 266 g/mol. The highest BCUT2D eigenvalue weighted by molar-refractivity contribution is 5.80. The minimum absolute atomic E-state index is 0.169. The third-order valence-electron chi connectivity index (χ3n) is 4.81. The Balaban J connectivity index is 2.69. The lowest BCUT2D eigenvalue weighted by Crippen LogP contribution is -2.58. The summed E-state index contributed by atoms with van der Waals surface area (Å²) in [6.07, 6.45) is 1.94. The van der Waals surface area contributed by atoms with Gasteiger partial charge < -0.3 is 15.0 Å². The van der Waals surface area contributed by atoms with E-state index in [4.69, 9.17) is 4.74 Å². The van der Waals surface area contributed by atoms with E-state index in [0.717, 1.165) is 32.6 Å². The van der Waals surface area contributed by atoms with Gasteiger partial charge in [0.15, 0.2) is 0 Å². The Bertz CT molecular complexity index is 337. The third kappa shape index (κ3) is 4.66. The molecule has 3 unspecified atom stereocenters. The van der Waals surface area contributed by atoms with Crippen molar-refractivity contribution in [1.82, 2.24) is 15.1 Å². The lowest BCUT2D eigenvalue weighted by atomic mass is 9.92. The molecule has 5 heteroatoms. The largest absolute Gasteiger partial charge is 0.468 e. The number of carbonyl (C=O) groups excluding carboxylic acids is 1. The summed E-state index contributed by atoms with van der Waals surface area (Å²) in [6, 6.07) is 0.973. The number of nitrogens with zero attached hydrogens (tertiary/aromatic N) is 2. The number of esters is 1. The first-order chi connectivity index (χ1) is 9.87. The van der Waals surface area contributed by atoms with Crippen LogP contribution >= 0.6 is 0 Å². The molecule has 1 N–H and O–H groups in total. The van der Waals surface area contributed by atoms with Gasteiger partial charge in [-0.15, -0.1) is 0 Å². The third-order valence-corrected chi connectivity index (χ3v) is 4.81. The van der Waals surface area contributed by atoms with E-state index in [9.17, 15) is 4.79 Å². The highest BCUT2D eigenvalue weighted by atomic mass is 16.5. The molecule has 0 spiro atoms. The van der Waals surface area contributed by atoms with Gasteiger partial charge in [0.25, 0.3) is 0 Å².